The van der Waals surface area contributed by atoms with E-state index in [4.69, 9.17) is 4.42 Å². The van der Waals surface area contributed by atoms with Crippen LogP contribution < -0.4 is 10.6 Å². The normalized spacial score (nSPS) is 8.93. The molecule has 2 N–H and O–H groups in total. The van der Waals surface area contributed by atoms with Gasteiger partial charge >= 0.3 is 0 Å². The number of halogens is 2. The van der Waals surface area contributed by atoms with E-state index in [0.29, 0.717) is 0 Å². The Balaban J connectivity index is 0. The summed E-state index contributed by atoms with van der Waals surface area (Å²) in [5.74, 6) is 0.999. The first-order valence-electron chi connectivity index (χ1n) is 4.31. The third-order valence-corrected chi connectivity index (χ3v) is 1.66. The van der Waals surface area contributed by atoms with E-state index >= 15 is 0 Å². The lowest BCUT2D eigenvalue weighted by Crippen LogP contribution is -2.19. The van der Waals surface area contributed by atoms with E-state index in [0.717, 1.165) is 31.8 Å². The molecule has 1 heterocycles. The number of furan rings is 1. The molecule has 0 saturated carbocycles. The SMILES string of the molecule is CNCCCNCc1ccco1.Cl.Cl. The Morgan fingerprint density at radius 1 is 1.29 bits per heavy atom. The van der Waals surface area contributed by atoms with E-state index in [1.807, 2.05) is 19.2 Å². The summed E-state index contributed by atoms with van der Waals surface area (Å²) in [6.07, 6.45) is 2.85. The second-order valence-electron chi connectivity index (χ2n) is 2.71. The number of rotatable bonds is 6. The maximum Gasteiger partial charge on any atom is 0.117 e. The first kappa shape index (κ1) is 16.2. The minimum Gasteiger partial charge on any atom is -0.468 e. The summed E-state index contributed by atoms with van der Waals surface area (Å²) in [5, 5.41) is 6.39. The Hall–Kier alpha value is -0.220. The Kier molecular flexibility index (Phi) is 12.6. The van der Waals surface area contributed by atoms with Crippen molar-refractivity contribution in [1.82, 2.24) is 10.6 Å². The zero-order chi connectivity index (χ0) is 8.65. The lowest BCUT2D eigenvalue weighted by atomic mass is 10.4. The van der Waals surface area contributed by atoms with Crippen LogP contribution in [0.4, 0.5) is 0 Å². The maximum absolute atomic E-state index is 5.16. The van der Waals surface area contributed by atoms with Crippen molar-refractivity contribution in [3.8, 4) is 0 Å². The number of nitrogens with one attached hydrogen (secondary N) is 2. The molecule has 0 aliphatic heterocycles. The predicted octanol–water partition coefficient (Wildman–Crippen LogP) is 1.82. The van der Waals surface area contributed by atoms with Crippen LogP contribution in [0.3, 0.4) is 0 Å². The maximum atomic E-state index is 5.16. The van der Waals surface area contributed by atoms with Crippen molar-refractivity contribution in [3.63, 3.8) is 0 Å². The molecule has 14 heavy (non-hydrogen) atoms. The quantitative estimate of drug-likeness (QED) is 0.746. The van der Waals surface area contributed by atoms with E-state index in [2.05, 4.69) is 10.6 Å². The standard InChI is InChI=1S/C9H16N2O.2ClH/c1-10-5-3-6-11-8-9-4-2-7-12-9;;/h2,4,7,10-11H,3,5-6,8H2,1H3;2*1H. The van der Waals surface area contributed by atoms with Crippen LogP contribution in [0.15, 0.2) is 22.8 Å². The van der Waals surface area contributed by atoms with Crippen molar-refractivity contribution < 1.29 is 4.42 Å². The molecule has 1 rings (SSSR count). The monoisotopic (exact) mass is 240 g/mol. The fraction of sp³-hybridized carbons (Fsp3) is 0.556. The minimum atomic E-state index is 0. The molecule has 0 fully saturated rings. The van der Waals surface area contributed by atoms with Crippen LogP contribution in [-0.2, 0) is 6.54 Å². The van der Waals surface area contributed by atoms with Gasteiger partial charge in [0.15, 0.2) is 0 Å². The molecule has 0 unspecified atom stereocenters. The molecule has 0 amide bonds. The van der Waals surface area contributed by atoms with Gasteiger partial charge in [0.2, 0.25) is 0 Å². The van der Waals surface area contributed by atoms with Gasteiger partial charge in [-0.3, -0.25) is 0 Å². The number of hydrogen-bond donors (Lipinski definition) is 2. The van der Waals surface area contributed by atoms with Crippen LogP contribution in [0.5, 0.6) is 0 Å². The topological polar surface area (TPSA) is 37.2 Å². The highest BCUT2D eigenvalue weighted by atomic mass is 35.5. The molecule has 0 saturated heterocycles. The fourth-order valence-corrected chi connectivity index (χ4v) is 1.01. The van der Waals surface area contributed by atoms with Gasteiger partial charge in [0, 0.05) is 0 Å². The summed E-state index contributed by atoms with van der Waals surface area (Å²) < 4.78 is 5.16. The molecule has 3 nitrogen and oxygen atoms in total. The van der Waals surface area contributed by atoms with Gasteiger partial charge in [-0.2, -0.15) is 0 Å². The predicted molar refractivity (Wildman–Crippen MR) is 63.5 cm³/mol. The van der Waals surface area contributed by atoms with E-state index in [1.165, 1.54) is 0 Å². The zero-order valence-electron chi connectivity index (χ0n) is 8.29. The molecule has 0 aliphatic rings. The average Bonchev–Trinajstić information content (AvgIpc) is 2.57. The second kappa shape index (κ2) is 10.9. The van der Waals surface area contributed by atoms with Gasteiger partial charge in [-0.15, -0.1) is 24.8 Å². The van der Waals surface area contributed by atoms with Crippen LogP contribution >= 0.6 is 24.8 Å². The lowest BCUT2D eigenvalue weighted by Gasteiger charge is -2.01. The summed E-state index contributed by atoms with van der Waals surface area (Å²) in [4.78, 5) is 0. The van der Waals surface area contributed by atoms with Gasteiger partial charge in [-0.1, -0.05) is 0 Å². The summed E-state index contributed by atoms with van der Waals surface area (Å²) in [6, 6.07) is 3.88. The molecule has 1 aromatic rings. The molecule has 0 bridgehead atoms. The van der Waals surface area contributed by atoms with E-state index < -0.39 is 0 Å². The minimum absolute atomic E-state index is 0. The molecule has 0 spiro atoms. The smallest absolute Gasteiger partial charge is 0.117 e. The van der Waals surface area contributed by atoms with Crippen molar-refractivity contribution in [2.75, 3.05) is 20.1 Å². The third kappa shape index (κ3) is 7.21. The van der Waals surface area contributed by atoms with Crippen LogP contribution in [0.1, 0.15) is 12.2 Å². The molecule has 5 heteroatoms. The lowest BCUT2D eigenvalue weighted by molar-refractivity contribution is 0.480. The van der Waals surface area contributed by atoms with Gasteiger partial charge in [0.25, 0.3) is 0 Å². The molecule has 0 aliphatic carbocycles. The molecule has 0 radical (unpaired) electrons. The van der Waals surface area contributed by atoms with Crippen LogP contribution in [0.2, 0.25) is 0 Å². The summed E-state index contributed by atoms with van der Waals surface area (Å²) in [6.45, 7) is 2.92. The molecular weight excluding hydrogens is 223 g/mol. The Morgan fingerprint density at radius 2 is 2.07 bits per heavy atom. The summed E-state index contributed by atoms with van der Waals surface area (Å²) >= 11 is 0. The van der Waals surface area contributed by atoms with Gasteiger partial charge in [0.05, 0.1) is 12.8 Å². The number of hydrogen-bond acceptors (Lipinski definition) is 3. The van der Waals surface area contributed by atoms with Crippen molar-refractivity contribution in [2.45, 2.75) is 13.0 Å². The van der Waals surface area contributed by atoms with Crippen molar-refractivity contribution in [2.24, 2.45) is 0 Å². The van der Waals surface area contributed by atoms with Crippen molar-refractivity contribution in [3.05, 3.63) is 24.2 Å². The molecular formula is C9H18Cl2N2O. The van der Waals surface area contributed by atoms with Gasteiger partial charge in [-0.25, -0.2) is 0 Å². The molecule has 0 atom stereocenters. The fourth-order valence-electron chi connectivity index (χ4n) is 1.01. The highest BCUT2D eigenvalue weighted by Crippen LogP contribution is 1.97. The largest absolute Gasteiger partial charge is 0.468 e. The van der Waals surface area contributed by atoms with Gasteiger partial charge in [-0.05, 0) is 38.7 Å². The van der Waals surface area contributed by atoms with Crippen LogP contribution in [-0.4, -0.2) is 20.1 Å². The highest BCUT2D eigenvalue weighted by Gasteiger charge is 1.92. The summed E-state index contributed by atoms with van der Waals surface area (Å²) in [5.41, 5.74) is 0. The highest BCUT2D eigenvalue weighted by molar-refractivity contribution is 5.85. The average molecular weight is 241 g/mol. The van der Waals surface area contributed by atoms with Crippen molar-refractivity contribution in [1.29, 1.82) is 0 Å². The van der Waals surface area contributed by atoms with E-state index in [9.17, 15) is 0 Å². The Bertz CT molecular complexity index is 193. The third-order valence-electron chi connectivity index (χ3n) is 1.66. The van der Waals surface area contributed by atoms with E-state index in [1.54, 1.807) is 6.26 Å². The molecule has 1 aromatic heterocycles. The van der Waals surface area contributed by atoms with E-state index in [-0.39, 0.29) is 24.8 Å². The van der Waals surface area contributed by atoms with Crippen LogP contribution in [0.25, 0.3) is 0 Å². The Morgan fingerprint density at radius 3 is 2.64 bits per heavy atom. The van der Waals surface area contributed by atoms with Crippen LogP contribution in [0, 0.1) is 0 Å². The molecule has 84 valence electrons. The Labute approximate surface area is 97.5 Å². The zero-order valence-corrected chi connectivity index (χ0v) is 9.92. The van der Waals surface area contributed by atoms with Gasteiger partial charge < -0.3 is 15.1 Å². The first-order chi connectivity index (χ1) is 5.93. The summed E-state index contributed by atoms with van der Waals surface area (Å²) in [7, 11) is 1.96. The van der Waals surface area contributed by atoms with Gasteiger partial charge in [0.1, 0.15) is 5.76 Å². The second-order valence-corrected chi connectivity index (χ2v) is 2.71. The van der Waals surface area contributed by atoms with Crippen molar-refractivity contribution >= 4 is 24.8 Å². The first-order valence-corrected chi connectivity index (χ1v) is 4.31. The molecule has 0 aromatic carbocycles.